The molecule has 0 atom stereocenters. The molecule has 2 aromatic rings. The van der Waals surface area contributed by atoms with Crippen molar-refractivity contribution in [1.29, 1.82) is 0 Å². The molecule has 1 heterocycles. The highest BCUT2D eigenvalue weighted by Gasteiger charge is 2.14. The quantitative estimate of drug-likeness (QED) is 0.612. The summed E-state index contributed by atoms with van der Waals surface area (Å²) in [7, 11) is 0. The molecule has 0 bridgehead atoms. The van der Waals surface area contributed by atoms with Crippen molar-refractivity contribution in [3.63, 3.8) is 0 Å². The van der Waals surface area contributed by atoms with Crippen molar-refractivity contribution in [2.45, 2.75) is 0 Å². The molecule has 0 spiro atoms. The topological polar surface area (TPSA) is 111 Å². The Morgan fingerprint density at radius 1 is 1.09 bits per heavy atom. The van der Waals surface area contributed by atoms with Crippen molar-refractivity contribution in [2.24, 2.45) is 0 Å². The molecule has 0 fully saturated rings. The van der Waals surface area contributed by atoms with Crippen LogP contribution in [0.2, 0.25) is 19.4 Å². The average Bonchev–Trinajstić information content (AvgIpc) is 2.76. The second-order valence-corrected chi connectivity index (χ2v) is 6.54. The first-order valence-corrected chi connectivity index (χ1v) is 7.58. The number of benzene rings is 1. The first kappa shape index (κ1) is 19.0. The van der Waals surface area contributed by atoms with Crippen LogP contribution in [0.4, 0.5) is 11.4 Å². The maximum Gasteiger partial charge on any atom is 0.272 e. The van der Waals surface area contributed by atoms with E-state index in [0.29, 0.717) is 5.69 Å². The Morgan fingerprint density at radius 2 is 1.59 bits per heavy atom. The zero-order chi connectivity index (χ0) is 17.0. The molecule has 0 aliphatic heterocycles. The summed E-state index contributed by atoms with van der Waals surface area (Å²) in [6.07, 6.45) is 0. The maximum absolute atomic E-state index is 10.3. The largest absolute Gasteiger partial charge is 0.544 e. The average molecular weight is 404 g/mol. The SMILES string of the molecule is O=C([O-])c1cc(Cl)c(Cl)s1.[NH3+]c1c(Cl)cc([N+](=O)[O-])cc1Cl. The van der Waals surface area contributed by atoms with Crippen LogP contribution >= 0.6 is 57.7 Å². The van der Waals surface area contributed by atoms with E-state index in [9.17, 15) is 20.0 Å². The van der Waals surface area contributed by atoms with Gasteiger partial charge in [-0.15, -0.1) is 11.3 Å². The van der Waals surface area contributed by atoms with Gasteiger partial charge in [0.25, 0.3) is 5.69 Å². The lowest BCUT2D eigenvalue weighted by Gasteiger charge is -1.96. The number of carbonyl (C=O) groups excluding carboxylic acids is 1. The van der Waals surface area contributed by atoms with Gasteiger partial charge in [0.05, 0.1) is 20.8 Å². The van der Waals surface area contributed by atoms with Crippen molar-refractivity contribution < 1.29 is 20.6 Å². The normalized spacial score (nSPS) is 9.86. The first-order valence-electron chi connectivity index (χ1n) is 5.25. The molecule has 0 aliphatic carbocycles. The Kier molecular flexibility index (Phi) is 6.86. The second-order valence-electron chi connectivity index (χ2n) is 3.66. The lowest BCUT2D eigenvalue weighted by molar-refractivity contribution is -0.385. The lowest BCUT2D eigenvalue weighted by atomic mass is 10.3. The van der Waals surface area contributed by atoms with Crippen LogP contribution in [0.1, 0.15) is 9.67 Å². The predicted molar refractivity (Wildman–Crippen MR) is 84.3 cm³/mol. The number of carboxylic acids is 1. The molecule has 0 aliphatic rings. The lowest BCUT2D eigenvalue weighted by Crippen LogP contribution is -2.40. The Bertz CT molecular complexity index is 692. The molecular weight excluding hydrogens is 398 g/mol. The molecule has 0 unspecified atom stereocenters. The molecule has 0 radical (unpaired) electrons. The van der Waals surface area contributed by atoms with Crippen LogP contribution < -0.4 is 10.8 Å². The number of hydrogen-bond acceptors (Lipinski definition) is 5. The number of non-ortho nitro benzene ring substituents is 1. The van der Waals surface area contributed by atoms with Gasteiger partial charge in [0.1, 0.15) is 14.4 Å². The number of aromatic carboxylic acids is 1. The van der Waals surface area contributed by atoms with E-state index in [4.69, 9.17) is 46.4 Å². The number of nitro groups is 1. The van der Waals surface area contributed by atoms with Crippen LogP contribution in [0.3, 0.4) is 0 Å². The van der Waals surface area contributed by atoms with Gasteiger partial charge in [0.15, 0.2) is 5.69 Å². The third-order valence-electron chi connectivity index (χ3n) is 2.18. The number of carboxylic acid groups (broad SMARTS) is 1. The Labute approximate surface area is 148 Å². The third kappa shape index (κ3) is 4.98. The minimum Gasteiger partial charge on any atom is -0.544 e. The van der Waals surface area contributed by atoms with Gasteiger partial charge in [-0.1, -0.05) is 46.4 Å². The Hall–Kier alpha value is -1.09. The molecule has 3 N–H and O–H groups in total. The fraction of sp³-hybridized carbons (Fsp3) is 0. The molecular formula is C11H6Cl4N2O4S. The fourth-order valence-electron chi connectivity index (χ4n) is 1.14. The molecule has 6 nitrogen and oxygen atoms in total. The molecule has 1 aromatic heterocycles. The van der Waals surface area contributed by atoms with E-state index < -0.39 is 10.9 Å². The molecule has 11 heteroatoms. The summed E-state index contributed by atoms with van der Waals surface area (Å²) >= 11 is 23.0. The smallest absolute Gasteiger partial charge is 0.272 e. The summed E-state index contributed by atoms with van der Waals surface area (Å²) < 4.78 is 0.279. The summed E-state index contributed by atoms with van der Waals surface area (Å²) in [4.78, 5) is 19.9. The molecule has 1 aromatic carbocycles. The molecule has 118 valence electrons. The summed E-state index contributed by atoms with van der Waals surface area (Å²) in [6, 6.07) is 3.70. The Balaban J connectivity index is 0.000000224. The van der Waals surface area contributed by atoms with Crippen LogP contribution in [0.5, 0.6) is 0 Å². The van der Waals surface area contributed by atoms with Gasteiger partial charge in [-0.3, -0.25) is 10.1 Å². The first-order chi connectivity index (χ1) is 10.1. The summed E-state index contributed by atoms with van der Waals surface area (Å²) in [5.74, 6) is -1.25. The summed E-state index contributed by atoms with van der Waals surface area (Å²) in [6.45, 7) is 0. The minimum atomic E-state index is -1.25. The number of carbonyl (C=O) groups is 1. The molecule has 22 heavy (non-hydrogen) atoms. The number of nitrogens with zero attached hydrogens (tertiary/aromatic N) is 1. The van der Waals surface area contributed by atoms with Gasteiger partial charge in [-0.2, -0.15) is 0 Å². The number of quaternary nitrogens is 1. The van der Waals surface area contributed by atoms with Crippen LogP contribution in [-0.2, 0) is 0 Å². The van der Waals surface area contributed by atoms with Gasteiger partial charge in [-0.25, -0.2) is 0 Å². The highest BCUT2D eigenvalue weighted by atomic mass is 35.5. The number of rotatable bonds is 2. The standard InChI is InChI=1S/C6H4Cl2N2O2.C5H2Cl2O2S/c7-4-1-3(10(11)12)2-5(8)6(4)9;6-2-1-3(5(8)9)10-4(2)7/h1-2H,9H2;1H,(H,8,9). The second kappa shape index (κ2) is 7.96. The van der Waals surface area contributed by atoms with E-state index in [1.165, 1.54) is 18.2 Å². The van der Waals surface area contributed by atoms with Crippen molar-refractivity contribution >= 4 is 75.1 Å². The number of nitro benzene ring substituents is 1. The van der Waals surface area contributed by atoms with Crippen LogP contribution in [0.25, 0.3) is 0 Å². The van der Waals surface area contributed by atoms with Crippen LogP contribution in [-0.4, -0.2) is 10.9 Å². The minimum absolute atomic E-state index is 0.0509. The third-order valence-corrected chi connectivity index (χ3v) is 4.70. The van der Waals surface area contributed by atoms with Crippen molar-refractivity contribution in [2.75, 3.05) is 0 Å². The maximum atomic E-state index is 10.3. The number of thiophene rings is 1. The van der Waals surface area contributed by atoms with Crippen molar-refractivity contribution in [1.82, 2.24) is 0 Å². The van der Waals surface area contributed by atoms with Gasteiger partial charge in [-0.05, 0) is 6.07 Å². The van der Waals surface area contributed by atoms with E-state index in [0.717, 1.165) is 11.3 Å². The van der Waals surface area contributed by atoms with Crippen LogP contribution in [0, 0.1) is 10.1 Å². The van der Waals surface area contributed by atoms with Crippen LogP contribution in [0.15, 0.2) is 18.2 Å². The van der Waals surface area contributed by atoms with Gasteiger partial charge in [0.2, 0.25) is 0 Å². The molecule has 2 rings (SSSR count). The van der Waals surface area contributed by atoms with E-state index in [-0.39, 0.29) is 30.0 Å². The molecule has 0 saturated carbocycles. The summed E-state index contributed by atoms with van der Waals surface area (Å²) in [5, 5.41) is 21.1. The number of hydrogen-bond donors (Lipinski definition) is 1. The predicted octanol–water partition coefficient (Wildman–Crippen LogP) is 3.19. The van der Waals surface area contributed by atoms with E-state index >= 15 is 0 Å². The molecule has 0 saturated heterocycles. The van der Waals surface area contributed by atoms with Gasteiger partial charge >= 0.3 is 0 Å². The van der Waals surface area contributed by atoms with Gasteiger partial charge < -0.3 is 15.6 Å². The van der Waals surface area contributed by atoms with E-state index in [2.05, 4.69) is 5.73 Å². The highest BCUT2D eigenvalue weighted by Crippen LogP contribution is 2.31. The monoisotopic (exact) mass is 402 g/mol. The van der Waals surface area contributed by atoms with E-state index in [1.807, 2.05) is 0 Å². The van der Waals surface area contributed by atoms with Crippen molar-refractivity contribution in [3.05, 3.63) is 52.6 Å². The summed E-state index contributed by atoms with van der Waals surface area (Å²) in [5.41, 5.74) is 3.81. The zero-order valence-corrected chi connectivity index (χ0v) is 14.3. The van der Waals surface area contributed by atoms with Gasteiger partial charge in [0, 0.05) is 12.1 Å². The zero-order valence-electron chi connectivity index (χ0n) is 10.4. The number of halogens is 4. The Morgan fingerprint density at radius 3 is 1.86 bits per heavy atom. The van der Waals surface area contributed by atoms with E-state index in [1.54, 1.807) is 0 Å². The fourth-order valence-corrected chi connectivity index (χ4v) is 2.82. The van der Waals surface area contributed by atoms with Crippen molar-refractivity contribution in [3.8, 4) is 0 Å². The molecule has 0 amide bonds. The highest BCUT2D eigenvalue weighted by molar-refractivity contribution is 7.18.